The zero-order valence-corrected chi connectivity index (χ0v) is 15.4. The van der Waals surface area contributed by atoms with Gasteiger partial charge in [-0.15, -0.1) is 0 Å². The molecule has 1 aliphatic heterocycles. The number of rotatable bonds is 3. The lowest BCUT2D eigenvalue weighted by Gasteiger charge is -2.11. The third kappa shape index (κ3) is 3.18. The van der Waals surface area contributed by atoms with Gasteiger partial charge in [-0.1, -0.05) is 24.3 Å². The highest BCUT2D eigenvalue weighted by Gasteiger charge is 2.30. The maximum Gasteiger partial charge on any atom is 0.343 e. The van der Waals surface area contributed by atoms with Gasteiger partial charge in [0.1, 0.15) is 11.5 Å². The Morgan fingerprint density at radius 2 is 1.89 bits per heavy atom. The predicted octanol–water partition coefficient (Wildman–Crippen LogP) is 4.53. The van der Waals surface area contributed by atoms with E-state index in [-0.39, 0.29) is 11.5 Å². The molecule has 0 aliphatic carbocycles. The van der Waals surface area contributed by atoms with E-state index in [1.807, 2.05) is 25.1 Å². The Balaban J connectivity index is 1.63. The summed E-state index contributed by atoms with van der Waals surface area (Å²) in [4.78, 5) is 29.2. The van der Waals surface area contributed by atoms with Crippen LogP contribution >= 0.6 is 0 Å². The van der Waals surface area contributed by atoms with Crippen LogP contribution in [0.15, 0.2) is 66.7 Å². The predicted molar refractivity (Wildman–Crippen MR) is 104 cm³/mol. The summed E-state index contributed by atoms with van der Waals surface area (Å²) in [5.74, 6) is 0.335. The van der Waals surface area contributed by atoms with E-state index in [1.165, 1.54) is 0 Å². The molecule has 5 nitrogen and oxygen atoms in total. The first-order valence-corrected chi connectivity index (χ1v) is 8.80. The number of pyridine rings is 1. The van der Waals surface area contributed by atoms with Crippen LogP contribution in [0.3, 0.4) is 0 Å². The van der Waals surface area contributed by atoms with Gasteiger partial charge in [0, 0.05) is 18.0 Å². The first kappa shape index (κ1) is 17.7. The highest BCUT2D eigenvalue weighted by atomic mass is 16.5. The molecule has 0 bridgehead atoms. The lowest BCUT2D eigenvalue weighted by Crippen LogP contribution is -2.11. The normalized spacial score (nSPS) is 13.9. The number of hydrogen-bond acceptors (Lipinski definition) is 5. The zero-order valence-electron chi connectivity index (χ0n) is 15.4. The van der Waals surface area contributed by atoms with Gasteiger partial charge in [-0.05, 0) is 55.3 Å². The molecule has 0 atom stereocenters. The van der Waals surface area contributed by atoms with Crippen molar-refractivity contribution in [3.63, 3.8) is 0 Å². The second-order valence-corrected chi connectivity index (χ2v) is 6.50. The van der Waals surface area contributed by atoms with E-state index in [1.54, 1.807) is 55.7 Å². The summed E-state index contributed by atoms with van der Waals surface area (Å²) in [6.07, 6.45) is 4.95. The molecule has 3 aromatic rings. The minimum absolute atomic E-state index is 0.210. The van der Waals surface area contributed by atoms with Gasteiger partial charge in [-0.3, -0.25) is 9.78 Å². The molecule has 2 heterocycles. The highest BCUT2D eigenvalue weighted by molar-refractivity contribution is 6.15. The fraction of sp³-hybridized carbons (Fsp3) is 0.0870. The van der Waals surface area contributed by atoms with Gasteiger partial charge in [0.05, 0.1) is 11.1 Å². The van der Waals surface area contributed by atoms with Crippen molar-refractivity contribution in [3.05, 3.63) is 94.5 Å². The van der Waals surface area contributed by atoms with Crippen LogP contribution in [0.1, 0.15) is 37.4 Å². The quantitative estimate of drug-likeness (QED) is 0.384. The summed E-state index contributed by atoms with van der Waals surface area (Å²) in [7, 11) is 0. The van der Waals surface area contributed by atoms with E-state index in [4.69, 9.17) is 9.47 Å². The lowest BCUT2D eigenvalue weighted by atomic mass is 10.1. The average Bonchev–Trinajstić information content (AvgIpc) is 3.01. The molecule has 0 spiro atoms. The van der Waals surface area contributed by atoms with Crippen LogP contribution < -0.4 is 9.47 Å². The van der Waals surface area contributed by atoms with Crippen LogP contribution in [0, 0.1) is 13.8 Å². The number of hydrogen-bond donors (Lipinski definition) is 0. The van der Waals surface area contributed by atoms with Gasteiger partial charge in [0.25, 0.3) is 0 Å². The average molecular weight is 371 g/mol. The number of aryl methyl sites for hydroxylation is 1. The number of Topliss-reactive ketones (excluding diaryl/α,β-unsaturated/α-hetero) is 1. The molecule has 0 saturated carbocycles. The van der Waals surface area contributed by atoms with Crippen molar-refractivity contribution in [2.75, 3.05) is 0 Å². The van der Waals surface area contributed by atoms with E-state index in [2.05, 4.69) is 4.98 Å². The van der Waals surface area contributed by atoms with Crippen molar-refractivity contribution in [2.24, 2.45) is 0 Å². The Kier molecular flexibility index (Phi) is 4.49. The van der Waals surface area contributed by atoms with E-state index in [9.17, 15) is 9.59 Å². The van der Waals surface area contributed by atoms with Crippen LogP contribution in [0.25, 0.3) is 6.08 Å². The molecule has 0 fully saturated rings. The highest BCUT2D eigenvalue weighted by Crippen LogP contribution is 2.39. The van der Waals surface area contributed by atoms with Crippen LogP contribution in [0.5, 0.6) is 11.5 Å². The van der Waals surface area contributed by atoms with Gasteiger partial charge in [-0.2, -0.15) is 0 Å². The van der Waals surface area contributed by atoms with Crippen molar-refractivity contribution >= 4 is 17.8 Å². The van der Waals surface area contributed by atoms with Crippen LogP contribution in [0.2, 0.25) is 0 Å². The number of carbonyl (C=O) groups excluding carboxylic acids is 2. The molecule has 1 aliphatic rings. The molecule has 2 aromatic carbocycles. The third-order valence-corrected chi connectivity index (χ3v) is 4.59. The number of esters is 1. The number of ether oxygens (including phenoxy) is 2. The van der Waals surface area contributed by atoms with Crippen molar-refractivity contribution in [3.8, 4) is 11.5 Å². The summed E-state index contributed by atoms with van der Waals surface area (Å²) >= 11 is 0. The minimum Gasteiger partial charge on any atom is -0.452 e. The molecule has 138 valence electrons. The van der Waals surface area contributed by atoms with Gasteiger partial charge >= 0.3 is 5.97 Å². The molecule has 0 saturated heterocycles. The molecule has 4 rings (SSSR count). The molecule has 5 heteroatoms. The number of aromatic nitrogens is 1. The Bertz CT molecular complexity index is 1120. The monoisotopic (exact) mass is 371 g/mol. The Hall–Kier alpha value is -3.73. The fourth-order valence-electron chi connectivity index (χ4n) is 3.05. The summed E-state index contributed by atoms with van der Waals surface area (Å²) < 4.78 is 11.4. The molecule has 1 aromatic heterocycles. The second kappa shape index (κ2) is 7.12. The summed E-state index contributed by atoms with van der Waals surface area (Å²) in [6, 6.07) is 14.1. The molecular formula is C23H17NO4. The van der Waals surface area contributed by atoms with Crippen molar-refractivity contribution in [1.29, 1.82) is 0 Å². The van der Waals surface area contributed by atoms with E-state index in [0.29, 0.717) is 28.2 Å². The largest absolute Gasteiger partial charge is 0.452 e. The number of fused-ring (bicyclic) bond motifs is 1. The van der Waals surface area contributed by atoms with Gasteiger partial charge in [-0.25, -0.2) is 4.79 Å². The maximum absolute atomic E-state index is 12.6. The van der Waals surface area contributed by atoms with Crippen LogP contribution in [-0.4, -0.2) is 16.7 Å². The Labute approximate surface area is 162 Å². The van der Waals surface area contributed by atoms with E-state index < -0.39 is 5.97 Å². The summed E-state index contributed by atoms with van der Waals surface area (Å²) in [5.41, 5.74) is 3.14. The fourth-order valence-corrected chi connectivity index (χ4v) is 3.05. The van der Waals surface area contributed by atoms with Crippen molar-refractivity contribution < 1.29 is 19.1 Å². The minimum atomic E-state index is -0.448. The van der Waals surface area contributed by atoms with E-state index >= 15 is 0 Å². The van der Waals surface area contributed by atoms with Crippen LogP contribution in [-0.2, 0) is 0 Å². The third-order valence-electron chi connectivity index (χ3n) is 4.59. The molecule has 0 radical (unpaired) electrons. The van der Waals surface area contributed by atoms with E-state index in [0.717, 1.165) is 11.1 Å². The molecular weight excluding hydrogens is 354 g/mol. The maximum atomic E-state index is 12.6. The topological polar surface area (TPSA) is 65.5 Å². The molecule has 0 unspecified atom stereocenters. The lowest BCUT2D eigenvalue weighted by molar-refractivity contribution is 0.0732. The van der Waals surface area contributed by atoms with Crippen molar-refractivity contribution in [1.82, 2.24) is 4.98 Å². The Morgan fingerprint density at radius 1 is 1.07 bits per heavy atom. The molecule has 0 amide bonds. The number of ketones is 1. The van der Waals surface area contributed by atoms with Gasteiger partial charge in [0.2, 0.25) is 5.78 Å². The first-order valence-electron chi connectivity index (χ1n) is 8.80. The summed E-state index contributed by atoms with van der Waals surface area (Å²) in [5, 5.41) is 0. The van der Waals surface area contributed by atoms with Crippen molar-refractivity contribution in [2.45, 2.75) is 13.8 Å². The SMILES string of the molecule is Cc1ccccc1C(=O)Oc1ccc2c(c1C)O/C(=C\c1cccnc1)C2=O. The molecule has 0 N–H and O–H groups in total. The standard InChI is InChI=1S/C23H17NO4/c1-14-6-3-4-8-17(14)23(26)28-19-10-9-18-21(25)20(27-22(18)15(19)2)12-16-7-5-11-24-13-16/h3-13H,1-2H3/b20-12-. The first-order chi connectivity index (χ1) is 13.5. The number of nitrogens with zero attached hydrogens (tertiary/aromatic N) is 1. The Morgan fingerprint density at radius 3 is 2.64 bits per heavy atom. The molecule has 28 heavy (non-hydrogen) atoms. The number of carbonyl (C=O) groups is 2. The summed E-state index contributed by atoms with van der Waals surface area (Å²) in [6.45, 7) is 3.61. The van der Waals surface area contributed by atoms with Gasteiger partial charge in [0.15, 0.2) is 5.76 Å². The second-order valence-electron chi connectivity index (χ2n) is 6.50. The number of allylic oxidation sites excluding steroid dienone is 1. The number of benzene rings is 2. The zero-order chi connectivity index (χ0) is 19.7. The van der Waals surface area contributed by atoms with Crippen LogP contribution in [0.4, 0.5) is 0 Å². The van der Waals surface area contributed by atoms with Gasteiger partial charge < -0.3 is 9.47 Å². The smallest absolute Gasteiger partial charge is 0.343 e.